The number of nitriles is 1. The van der Waals surface area contributed by atoms with E-state index >= 15 is 0 Å². The van der Waals surface area contributed by atoms with Gasteiger partial charge in [-0.1, -0.05) is 57.6 Å². The second-order valence-corrected chi connectivity index (χ2v) is 6.14. The van der Waals surface area contributed by atoms with Crippen LogP contribution in [-0.2, 0) is 0 Å². The molecule has 0 saturated heterocycles. The van der Waals surface area contributed by atoms with Gasteiger partial charge in [-0.15, -0.1) is 0 Å². The van der Waals surface area contributed by atoms with Crippen molar-refractivity contribution in [3.63, 3.8) is 0 Å². The van der Waals surface area contributed by atoms with E-state index in [1.54, 1.807) is 0 Å². The monoisotopic (exact) mass is 312 g/mol. The molecule has 0 fully saturated rings. The summed E-state index contributed by atoms with van der Waals surface area (Å²) in [4.78, 5) is 0. The summed E-state index contributed by atoms with van der Waals surface area (Å²) < 4.78 is 0. The van der Waals surface area contributed by atoms with Crippen molar-refractivity contribution in [3.05, 3.63) is 42.0 Å². The Hall–Kier alpha value is -1.75. The van der Waals surface area contributed by atoms with Gasteiger partial charge >= 0.3 is 0 Å². The van der Waals surface area contributed by atoms with Crippen molar-refractivity contribution in [1.82, 2.24) is 0 Å². The standard InChI is InChI=1S/C21H32N2/c1-2-3-4-5-6-7-8-9-10-11-12-13-18-23-21-16-14-20(19-22)15-17-21/h10-11,14-17,23H,2-9,12-13,18H2,1H3. The number of anilines is 1. The quantitative estimate of drug-likeness (QED) is 0.336. The second-order valence-electron chi connectivity index (χ2n) is 6.14. The molecule has 0 heterocycles. The fraction of sp³-hybridized carbons (Fsp3) is 0.571. The van der Waals surface area contributed by atoms with Crippen LogP contribution in [0, 0.1) is 11.3 Å². The van der Waals surface area contributed by atoms with Gasteiger partial charge in [-0.05, 0) is 49.9 Å². The van der Waals surface area contributed by atoms with E-state index in [4.69, 9.17) is 5.26 Å². The molecule has 1 N–H and O–H groups in total. The molecule has 0 amide bonds. The SMILES string of the molecule is CCCCCCCCCC=CCCCNc1ccc(C#N)cc1. The lowest BCUT2D eigenvalue weighted by molar-refractivity contribution is 0.592. The summed E-state index contributed by atoms with van der Waals surface area (Å²) in [7, 11) is 0. The maximum absolute atomic E-state index is 8.75. The number of hydrogen-bond acceptors (Lipinski definition) is 2. The Labute approximate surface area is 142 Å². The molecule has 1 rings (SSSR count). The maximum Gasteiger partial charge on any atom is 0.0991 e. The van der Waals surface area contributed by atoms with Gasteiger partial charge < -0.3 is 5.32 Å². The number of nitrogens with one attached hydrogen (secondary N) is 1. The highest BCUT2D eigenvalue weighted by Gasteiger charge is 1.92. The topological polar surface area (TPSA) is 35.8 Å². The fourth-order valence-electron chi connectivity index (χ4n) is 2.57. The molecule has 0 aliphatic rings. The van der Waals surface area contributed by atoms with E-state index in [2.05, 4.69) is 30.5 Å². The Kier molecular flexibility index (Phi) is 11.6. The third-order valence-corrected chi connectivity index (χ3v) is 4.03. The minimum absolute atomic E-state index is 0.712. The van der Waals surface area contributed by atoms with Gasteiger partial charge in [0.25, 0.3) is 0 Å². The van der Waals surface area contributed by atoms with Gasteiger partial charge in [-0.2, -0.15) is 5.26 Å². The number of benzene rings is 1. The van der Waals surface area contributed by atoms with Crippen molar-refractivity contribution < 1.29 is 0 Å². The summed E-state index contributed by atoms with van der Waals surface area (Å²) in [5, 5.41) is 12.1. The molecule has 0 radical (unpaired) electrons. The normalized spacial score (nSPS) is 10.8. The molecule has 0 atom stereocenters. The Morgan fingerprint density at radius 2 is 1.48 bits per heavy atom. The van der Waals surface area contributed by atoms with Crippen LogP contribution in [0.1, 0.15) is 76.7 Å². The van der Waals surface area contributed by atoms with E-state index in [0.717, 1.165) is 25.1 Å². The largest absolute Gasteiger partial charge is 0.385 e. The van der Waals surface area contributed by atoms with Crippen LogP contribution in [0.25, 0.3) is 0 Å². The van der Waals surface area contributed by atoms with Gasteiger partial charge in [0.15, 0.2) is 0 Å². The van der Waals surface area contributed by atoms with E-state index in [9.17, 15) is 0 Å². The third kappa shape index (κ3) is 10.6. The fourth-order valence-corrected chi connectivity index (χ4v) is 2.57. The Balaban J connectivity index is 1.91. The van der Waals surface area contributed by atoms with Crippen molar-refractivity contribution in [3.8, 4) is 6.07 Å². The molecule has 0 unspecified atom stereocenters. The van der Waals surface area contributed by atoms with E-state index in [-0.39, 0.29) is 0 Å². The lowest BCUT2D eigenvalue weighted by Gasteiger charge is -2.04. The lowest BCUT2D eigenvalue weighted by Crippen LogP contribution is -2.00. The summed E-state index contributed by atoms with van der Waals surface area (Å²) in [5.74, 6) is 0. The summed E-state index contributed by atoms with van der Waals surface area (Å²) in [6.45, 7) is 3.25. The van der Waals surface area contributed by atoms with Crippen molar-refractivity contribution in [2.75, 3.05) is 11.9 Å². The predicted molar refractivity (Wildman–Crippen MR) is 101 cm³/mol. The zero-order chi connectivity index (χ0) is 16.6. The Morgan fingerprint density at radius 3 is 2.13 bits per heavy atom. The molecule has 1 aromatic carbocycles. The molecule has 2 heteroatoms. The van der Waals surface area contributed by atoms with Crippen LogP contribution >= 0.6 is 0 Å². The molecule has 0 saturated carbocycles. The number of allylic oxidation sites excluding steroid dienone is 2. The molecule has 0 aromatic heterocycles. The minimum atomic E-state index is 0.712. The molecule has 0 spiro atoms. The van der Waals surface area contributed by atoms with E-state index in [1.165, 1.54) is 51.4 Å². The van der Waals surface area contributed by atoms with Gasteiger partial charge in [-0.3, -0.25) is 0 Å². The lowest BCUT2D eigenvalue weighted by atomic mass is 10.1. The zero-order valence-electron chi connectivity index (χ0n) is 14.7. The summed E-state index contributed by atoms with van der Waals surface area (Å²) in [6.07, 6.45) is 17.9. The minimum Gasteiger partial charge on any atom is -0.385 e. The summed E-state index contributed by atoms with van der Waals surface area (Å²) in [5.41, 5.74) is 1.81. The number of nitrogens with zero attached hydrogens (tertiary/aromatic N) is 1. The molecule has 126 valence electrons. The number of unbranched alkanes of at least 4 members (excludes halogenated alkanes) is 8. The summed E-state index contributed by atoms with van der Waals surface area (Å²) >= 11 is 0. The van der Waals surface area contributed by atoms with Crippen molar-refractivity contribution >= 4 is 5.69 Å². The van der Waals surface area contributed by atoms with Crippen LogP contribution in [0.2, 0.25) is 0 Å². The molecule has 23 heavy (non-hydrogen) atoms. The van der Waals surface area contributed by atoms with Gasteiger partial charge in [0, 0.05) is 12.2 Å². The van der Waals surface area contributed by atoms with Crippen molar-refractivity contribution in [2.24, 2.45) is 0 Å². The van der Waals surface area contributed by atoms with Gasteiger partial charge in [-0.25, -0.2) is 0 Å². The average molecular weight is 313 g/mol. The first-order chi connectivity index (χ1) is 11.4. The number of rotatable bonds is 13. The van der Waals surface area contributed by atoms with Crippen LogP contribution in [0.15, 0.2) is 36.4 Å². The van der Waals surface area contributed by atoms with E-state index in [1.807, 2.05) is 24.3 Å². The number of hydrogen-bond donors (Lipinski definition) is 1. The first-order valence-corrected chi connectivity index (χ1v) is 9.26. The Bertz CT molecular complexity index is 454. The molecule has 1 aromatic rings. The molecular weight excluding hydrogens is 280 g/mol. The van der Waals surface area contributed by atoms with Crippen molar-refractivity contribution in [1.29, 1.82) is 5.26 Å². The van der Waals surface area contributed by atoms with Crippen LogP contribution in [0.5, 0.6) is 0 Å². The molecular formula is C21H32N2. The highest BCUT2D eigenvalue weighted by molar-refractivity contribution is 5.46. The van der Waals surface area contributed by atoms with Crippen LogP contribution < -0.4 is 5.32 Å². The molecule has 2 nitrogen and oxygen atoms in total. The predicted octanol–water partition coefficient (Wildman–Crippen LogP) is 6.45. The highest BCUT2D eigenvalue weighted by Crippen LogP contribution is 2.10. The van der Waals surface area contributed by atoms with Crippen LogP contribution in [0.4, 0.5) is 5.69 Å². The molecule has 0 bridgehead atoms. The van der Waals surface area contributed by atoms with Gasteiger partial charge in [0.05, 0.1) is 11.6 Å². The molecule has 0 aliphatic heterocycles. The first kappa shape index (κ1) is 19.3. The third-order valence-electron chi connectivity index (χ3n) is 4.03. The summed E-state index contributed by atoms with van der Waals surface area (Å²) in [6, 6.07) is 9.77. The maximum atomic E-state index is 8.75. The zero-order valence-corrected chi connectivity index (χ0v) is 14.7. The van der Waals surface area contributed by atoms with Crippen LogP contribution in [0.3, 0.4) is 0 Å². The average Bonchev–Trinajstić information content (AvgIpc) is 2.59. The smallest absolute Gasteiger partial charge is 0.0991 e. The van der Waals surface area contributed by atoms with Crippen LogP contribution in [-0.4, -0.2) is 6.54 Å². The molecule has 0 aliphatic carbocycles. The highest BCUT2D eigenvalue weighted by atomic mass is 14.9. The Morgan fingerprint density at radius 1 is 0.870 bits per heavy atom. The van der Waals surface area contributed by atoms with Gasteiger partial charge in [0.2, 0.25) is 0 Å². The first-order valence-electron chi connectivity index (χ1n) is 9.26. The van der Waals surface area contributed by atoms with Gasteiger partial charge in [0.1, 0.15) is 0 Å². The van der Waals surface area contributed by atoms with E-state index < -0.39 is 0 Å². The second kappa shape index (κ2) is 13.9. The van der Waals surface area contributed by atoms with Crippen molar-refractivity contribution in [2.45, 2.75) is 71.1 Å². The van der Waals surface area contributed by atoms with E-state index in [0.29, 0.717) is 5.56 Å².